The minimum absolute atomic E-state index is 0.203. The fourth-order valence-corrected chi connectivity index (χ4v) is 2.62. The van der Waals surface area contributed by atoms with E-state index < -0.39 is 29.2 Å². The molecule has 0 aliphatic rings. The lowest BCUT2D eigenvalue weighted by Crippen LogP contribution is -2.46. The molecule has 0 saturated carbocycles. The van der Waals surface area contributed by atoms with Gasteiger partial charge in [0.05, 0.1) is 0 Å². The van der Waals surface area contributed by atoms with Crippen LogP contribution >= 0.6 is 27.7 Å². The lowest BCUT2D eigenvalue weighted by Gasteiger charge is -2.23. The molecule has 1 unspecified atom stereocenters. The molecule has 1 atom stereocenters. The molecule has 0 fully saturated rings. The number of thioether (sulfide) groups is 1. The summed E-state index contributed by atoms with van der Waals surface area (Å²) in [6.07, 6.45) is -1.07. The molecule has 0 radical (unpaired) electrons. The van der Waals surface area contributed by atoms with Gasteiger partial charge in [0, 0.05) is 15.9 Å². The molecule has 1 aromatic carbocycles. The van der Waals surface area contributed by atoms with Crippen molar-refractivity contribution in [2.75, 3.05) is 11.1 Å². The van der Waals surface area contributed by atoms with E-state index in [1.165, 1.54) is 0 Å². The highest BCUT2D eigenvalue weighted by Crippen LogP contribution is 2.30. The highest BCUT2D eigenvalue weighted by atomic mass is 79.9. The Labute approximate surface area is 162 Å². The zero-order chi connectivity index (χ0) is 20.0. The summed E-state index contributed by atoms with van der Waals surface area (Å²) in [4.78, 5) is 24.3. The first-order valence-corrected chi connectivity index (χ1v) is 9.40. The third-order valence-electron chi connectivity index (χ3n) is 2.79. The van der Waals surface area contributed by atoms with Gasteiger partial charge in [0.2, 0.25) is 5.91 Å². The van der Waals surface area contributed by atoms with Gasteiger partial charge in [-0.3, -0.25) is 4.79 Å². The van der Waals surface area contributed by atoms with Gasteiger partial charge in [-0.05, 0) is 51.5 Å². The van der Waals surface area contributed by atoms with Crippen LogP contribution in [0.5, 0.6) is 0 Å². The lowest BCUT2D eigenvalue weighted by atomic mass is 10.2. The first kappa shape index (κ1) is 22.6. The second-order valence-electron chi connectivity index (χ2n) is 6.28. The number of carbonyl (C=O) groups is 2. The van der Waals surface area contributed by atoms with Crippen LogP contribution in [-0.4, -0.2) is 34.9 Å². The van der Waals surface area contributed by atoms with E-state index in [0.717, 1.165) is 4.47 Å². The van der Waals surface area contributed by atoms with Crippen molar-refractivity contribution in [2.24, 2.45) is 0 Å². The molecule has 26 heavy (non-hydrogen) atoms. The molecule has 0 aliphatic carbocycles. The molecule has 2 N–H and O–H groups in total. The summed E-state index contributed by atoms with van der Waals surface area (Å²) < 4.78 is 42.8. The highest BCUT2D eigenvalue weighted by molar-refractivity contribution is 9.10. The molecule has 0 spiro atoms. The molecule has 2 amide bonds. The van der Waals surface area contributed by atoms with Gasteiger partial charge in [-0.15, -0.1) is 0 Å². The molecule has 10 heteroatoms. The summed E-state index contributed by atoms with van der Waals surface area (Å²) >= 11 is 3.01. The summed E-state index contributed by atoms with van der Waals surface area (Å²) in [5, 5.41) is 4.89. The van der Waals surface area contributed by atoms with Crippen molar-refractivity contribution < 1.29 is 27.5 Å². The van der Waals surface area contributed by atoms with Crippen LogP contribution in [0.2, 0.25) is 0 Å². The number of amides is 2. The maximum absolute atomic E-state index is 12.4. The van der Waals surface area contributed by atoms with E-state index in [-0.39, 0.29) is 23.9 Å². The molecule has 0 bridgehead atoms. The van der Waals surface area contributed by atoms with Gasteiger partial charge in [-0.2, -0.15) is 13.2 Å². The lowest BCUT2D eigenvalue weighted by molar-refractivity contribution is -0.118. The molecule has 0 heterocycles. The number of rotatable bonds is 6. The van der Waals surface area contributed by atoms with E-state index in [0.29, 0.717) is 5.69 Å². The van der Waals surface area contributed by atoms with Crippen LogP contribution in [0.4, 0.5) is 23.7 Å². The average Bonchev–Trinajstić information content (AvgIpc) is 2.45. The topological polar surface area (TPSA) is 67.4 Å². The molecule has 0 saturated heterocycles. The van der Waals surface area contributed by atoms with Gasteiger partial charge in [0.1, 0.15) is 11.6 Å². The second kappa shape index (κ2) is 9.50. The number of alkyl halides is 3. The number of alkyl carbamates (subject to hydrolysis) is 1. The first-order valence-electron chi connectivity index (χ1n) is 7.62. The number of halogens is 4. The summed E-state index contributed by atoms with van der Waals surface area (Å²) in [5.74, 6) is -1.00. The molecule has 146 valence electrons. The number of nitrogens with one attached hydrogen (secondary N) is 2. The normalized spacial score (nSPS) is 13.0. The predicted octanol–water partition coefficient (Wildman–Crippen LogP) is 4.92. The van der Waals surface area contributed by atoms with Crippen molar-refractivity contribution in [2.45, 2.75) is 44.3 Å². The fraction of sp³-hybridized carbons (Fsp3) is 0.500. The smallest absolute Gasteiger partial charge is 0.441 e. The van der Waals surface area contributed by atoms with E-state index in [2.05, 4.69) is 26.6 Å². The van der Waals surface area contributed by atoms with Crippen LogP contribution in [-0.2, 0) is 9.53 Å². The van der Waals surface area contributed by atoms with Gasteiger partial charge in [0.15, 0.2) is 0 Å². The molecule has 0 aliphatic heterocycles. The maximum Gasteiger partial charge on any atom is 0.441 e. The minimum Gasteiger partial charge on any atom is -0.444 e. The van der Waals surface area contributed by atoms with E-state index in [9.17, 15) is 22.8 Å². The number of benzene rings is 1. The zero-order valence-electron chi connectivity index (χ0n) is 14.4. The third-order valence-corrected chi connectivity index (χ3v) is 4.09. The van der Waals surface area contributed by atoms with Gasteiger partial charge in [0.25, 0.3) is 0 Å². The molecule has 1 aromatic rings. The van der Waals surface area contributed by atoms with Crippen LogP contribution in [0.3, 0.4) is 0 Å². The number of carbonyl (C=O) groups excluding carboxylic acids is 2. The SMILES string of the molecule is CC(C)(C)OC(=O)NC(CCSC(F)(F)F)C(=O)Nc1ccc(Br)cc1. The number of hydrogen-bond acceptors (Lipinski definition) is 4. The second-order valence-corrected chi connectivity index (χ2v) is 8.35. The third kappa shape index (κ3) is 9.91. The zero-order valence-corrected chi connectivity index (χ0v) is 16.8. The number of anilines is 1. The average molecular weight is 457 g/mol. The van der Waals surface area contributed by atoms with Crippen LogP contribution in [0.15, 0.2) is 28.7 Å². The van der Waals surface area contributed by atoms with Gasteiger partial charge in [-0.25, -0.2) is 4.79 Å². The van der Waals surface area contributed by atoms with Crippen molar-refractivity contribution in [1.82, 2.24) is 5.32 Å². The summed E-state index contributed by atoms with van der Waals surface area (Å²) in [6, 6.07) is 5.48. The van der Waals surface area contributed by atoms with Crippen molar-refractivity contribution in [3.63, 3.8) is 0 Å². The quantitative estimate of drug-likeness (QED) is 0.636. The Morgan fingerprint density at radius 1 is 1.19 bits per heavy atom. The Bertz CT molecular complexity index is 619. The van der Waals surface area contributed by atoms with Gasteiger partial charge >= 0.3 is 11.6 Å². The van der Waals surface area contributed by atoms with E-state index in [4.69, 9.17) is 4.74 Å². The van der Waals surface area contributed by atoms with Crippen molar-refractivity contribution >= 4 is 45.4 Å². The van der Waals surface area contributed by atoms with Crippen LogP contribution in [0.25, 0.3) is 0 Å². The fourth-order valence-electron chi connectivity index (χ4n) is 1.77. The van der Waals surface area contributed by atoms with Crippen LogP contribution in [0.1, 0.15) is 27.2 Å². The Morgan fingerprint density at radius 2 is 1.77 bits per heavy atom. The molecular formula is C16H20BrF3N2O3S. The standard InChI is InChI=1S/C16H20BrF3N2O3S/c1-15(2,3)25-14(24)22-12(8-9-26-16(18,19)20)13(23)21-11-6-4-10(17)5-7-11/h4-7,12H,8-9H2,1-3H3,(H,21,23)(H,22,24). The number of ether oxygens (including phenoxy) is 1. The Kier molecular flexibility index (Phi) is 8.26. The van der Waals surface area contributed by atoms with Crippen LogP contribution < -0.4 is 10.6 Å². The van der Waals surface area contributed by atoms with Gasteiger partial charge in [-0.1, -0.05) is 27.7 Å². The minimum atomic E-state index is -4.40. The van der Waals surface area contributed by atoms with E-state index in [1.807, 2.05) is 0 Å². The van der Waals surface area contributed by atoms with Crippen molar-refractivity contribution in [3.8, 4) is 0 Å². The summed E-state index contributed by atoms with van der Waals surface area (Å²) in [5.41, 5.74) is -4.74. The van der Waals surface area contributed by atoms with Gasteiger partial charge < -0.3 is 15.4 Å². The number of hydrogen-bond donors (Lipinski definition) is 2. The highest BCUT2D eigenvalue weighted by Gasteiger charge is 2.30. The van der Waals surface area contributed by atoms with E-state index in [1.54, 1.807) is 45.0 Å². The molecule has 1 rings (SSSR count). The Balaban J connectivity index is 2.75. The van der Waals surface area contributed by atoms with Crippen molar-refractivity contribution in [3.05, 3.63) is 28.7 Å². The van der Waals surface area contributed by atoms with Crippen molar-refractivity contribution in [1.29, 1.82) is 0 Å². The Hall–Kier alpha value is -1.42. The largest absolute Gasteiger partial charge is 0.444 e. The van der Waals surface area contributed by atoms with E-state index >= 15 is 0 Å². The molecule has 0 aromatic heterocycles. The first-order chi connectivity index (χ1) is 11.9. The molecular weight excluding hydrogens is 437 g/mol. The maximum atomic E-state index is 12.4. The monoisotopic (exact) mass is 456 g/mol. The predicted molar refractivity (Wildman–Crippen MR) is 99.1 cm³/mol. The summed E-state index contributed by atoms with van der Waals surface area (Å²) in [6.45, 7) is 4.93. The summed E-state index contributed by atoms with van der Waals surface area (Å²) in [7, 11) is 0. The molecule has 5 nitrogen and oxygen atoms in total. The Morgan fingerprint density at radius 3 is 2.27 bits per heavy atom. The van der Waals surface area contributed by atoms with Crippen LogP contribution in [0, 0.1) is 0 Å².